The van der Waals surface area contributed by atoms with Crippen LogP contribution in [0.25, 0.3) is 11.3 Å². The molecule has 13 heavy (non-hydrogen) atoms. The summed E-state index contributed by atoms with van der Waals surface area (Å²) in [4.78, 5) is 3.63. The fourth-order valence-corrected chi connectivity index (χ4v) is 1.09. The molecule has 66 valence electrons. The van der Waals surface area contributed by atoms with Gasteiger partial charge in [0.15, 0.2) is 5.82 Å². The molecule has 0 aliphatic heterocycles. The Kier molecular flexibility index (Phi) is 1.70. The van der Waals surface area contributed by atoms with Gasteiger partial charge in [0.25, 0.3) is 0 Å². The van der Waals surface area contributed by atoms with Crippen molar-refractivity contribution < 1.29 is 4.39 Å². The molecule has 4 nitrogen and oxygen atoms in total. The molecule has 0 atom stereocenters. The summed E-state index contributed by atoms with van der Waals surface area (Å²) in [7, 11) is 0. The van der Waals surface area contributed by atoms with Crippen molar-refractivity contribution in [3.63, 3.8) is 0 Å². The lowest BCUT2D eigenvalue weighted by molar-refractivity contribution is 0.624. The normalized spacial score (nSPS) is 10.2. The van der Waals surface area contributed by atoms with Gasteiger partial charge in [-0.2, -0.15) is 5.10 Å². The van der Waals surface area contributed by atoms with Crippen molar-refractivity contribution in [3.8, 4) is 11.3 Å². The van der Waals surface area contributed by atoms with E-state index in [2.05, 4.69) is 15.2 Å². The maximum atomic E-state index is 13.2. The van der Waals surface area contributed by atoms with Crippen molar-refractivity contribution >= 4 is 5.69 Å². The highest BCUT2D eigenvalue weighted by Crippen LogP contribution is 2.24. The van der Waals surface area contributed by atoms with E-state index in [0.29, 0.717) is 16.9 Å². The van der Waals surface area contributed by atoms with Crippen LogP contribution < -0.4 is 5.73 Å². The Morgan fingerprint density at radius 2 is 2.23 bits per heavy atom. The van der Waals surface area contributed by atoms with E-state index >= 15 is 0 Å². The number of rotatable bonds is 1. The van der Waals surface area contributed by atoms with Crippen molar-refractivity contribution in [3.05, 3.63) is 30.5 Å². The smallest absolute Gasteiger partial charge is 0.150 e. The molecule has 0 saturated heterocycles. The molecule has 0 aromatic carbocycles. The van der Waals surface area contributed by atoms with Gasteiger partial charge in [0.05, 0.1) is 23.8 Å². The van der Waals surface area contributed by atoms with E-state index in [4.69, 9.17) is 5.73 Å². The zero-order valence-electron chi connectivity index (χ0n) is 6.66. The van der Waals surface area contributed by atoms with E-state index in [9.17, 15) is 4.39 Å². The predicted octanol–water partition coefficient (Wildman–Crippen LogP) is 1.19. The van der Waals surface area contributed by atoms with Gasteiger partial charge < -0.3 is 5.73 Å². The molecule has 3 N–H and O–H groups in total. The first kappa shape index (κ1) is 7.72. The Morgan fingerprint density at radius 3 is 2.85 bits per heavy atom. The summed E-state index contributed by atoms with van der Waals surface area (Å²) < 4.78 is 13.2. The van der Waals surface area contributed by atoms with E-state index in [1.807, 2.05) is 0 Å². The van der Waals surface area contributed by atoms with Crippen LogP contribution in [0.4, 0.5) is 10.1 Å². The first-order chi connectivity index (χ1) is 6.29. The van der Waals surface area contributed by atoms with Crippen LogP contribution in [0, 0.1) is 5.82 Å². The third-order valence-corrected chi connectivity index (χ3v) is 1.71. The van der Waals surface area contributed by atoms with Crippen LogP contribution in [-0.2, 0) is 0 Å². The highest BCUT2D eigenvalue weighted by Gasteiger charge is 2.08. The molecule has 2 aromatic rings. The summed E-state index contributed by atoms with van der Waals surface area (Å²) in [6, 6.07) is 1.54. The van der Waals surface area contributed by atoms with Crippen molar-refractivity contribution in [2.45, 2.75) is 0 Å². The molecule has 0 aliphatic carbocycles. The van der Waals surface area contributed by atoms with Gasteiger partial charge in [-0.25, -0.2) is 4.39 Å². The summed E-state index contributed by atoms with van der Waals surface area (Å²) in [5, 5.41) is 6.32. The van der Waals surface area contributed by atoms with E-state index in [-0.39, 0.29) is 0 Å². The maximum Gasteiger partial charge on any atom is 0.150 e. The van der Waals surface area contributed by atoms with Gasteiger partial charge in [-0.15, -0.1) is 0 Å². The molecule has 0 saturated carbocycles. The maximum absolute atomic E-state index is 13.2. The second kappa shape index (κ2) is 2.85. The molecule has 2 rings (SSSR count). The SMILES string of the molecule is Nc1cn[nH]c1-c1ccncc1F. The largest absolute Gasteiger partial charge is 0.396 e. The summed E-state index contributed by atoms with van der Waals surface area (Å²) in [5.41, 5.74) is 6.85. The lowest BCUT2D eigenvalue weighted by atomic mass is 10.2. The minimum atomic E-state index is -0.418. The number of H-pyrrole nitrogens is 1. The number of hydrogen-bond acceptors (Lipinski definition) is 3. The van der Waals surface area contributed by atoms with Crippen molar-refractivity contribution in [2.75, 3.05) is 5.73 Å². The second-order valence-corrected chi connectivity index (χ2v) is 2.56. The van der Waals surface area contributed by atoms with Crippen molar-refractivity contribution in [2.24, 2.45) is 0 Å². The number of hydrogen-bond donors (Lipinski definition) is 2. The Bertz CT molecular complexity index is 424. The minimum absolute atomic E-state index is 0.380. The topological polar surface area (TPSA) is 67.6 Å². The summed E-state index contributed by atoms with van der Waals surface area (Å²) in [6.07, 6.45) is 4.07. The van der Waals surface area contributed by atoms with E-state index in [1.165, 1.54) is 12.4 Å². The quantitative estimate of drug-likeness (QED) is 0.689. The molecule has 0 spiro atoms. The number of halogens is 1. The van der Waals surface area contributed by atoms with Gasteiger partial charge in [-0.1, -0.05) is 0 Å². The van der Waals surface area contributed by atoms with Crippen molar-refractivity contribution in [1.82, 2.24) is 15.2 Å². The third kappa shape index (κ3) is 1.24. The number of nitrogens with one attached hydrogen (secondary N) is 1. The predicted molar refractivity (Wildman–Crippen MR) is 46.2 cm³/mol. The summed E-state index contributed by atoms with van der Waals surface area (Å²) >= 11 is 0. The summed E-state index contributed by atoms with van der Waals surface area (Å²) in [5.74, 6) is -0.418. The van der Waals surface area contributed by atoms with Crippen LogP contribution in [0.3, 0.4) is 0 Å². The Morgan fingerprint density at radius 1 is 1.38 bits per heavy atom. The number of aromatic nitrogens is 3. The van der Waals surface area contributed by atoms with Crippen molar-refractivity contribution in [1.29, 1.82) is 0 Å². The number of pyridine rings is 1. The first-order valence-corrected chi connectivity index (χ1v) is 3.68. The Hall–Kier alpha value is -1.91. The molecule has 0 unspecified atom stereocenters. The number of aromatic amines is 1. The second-order valence-electron chi connectivity index (χ2n) is 2.56. The van der Waals surface area contributed by atoms with Gasteiger partial charge in [-0.3, -0.25) is 10.1 Å². The molecular weight excluding hydrogens is 171 g/mol. The van der Waals surface area contributed by atoms with Gasteiger partial charge in [-0.05, 0) is 6.07 Å². The number of nitrogen functional groups attached to an aromatic ring is 1. The zero-order valence-corrected chi connectivity index (χ0v) is 6.66. The monoisotopic (exact) mass is 178 g/mol. The first-order valence-electron chi connectivity index (χ1n) is 3.68. The fourth-order valence-electron chi connectivity index (χ4n) is 1.09. The van der Waals surface area contributed by atoms with Crippen LogP contribution in [0.2, 0.25) is 0 Å². The number of nitrogens with zero attached hydrogens (tertiary/aromatic N) is 2. The van der Waals surface area contributed by atoms with Crippen LogP contribution >= 0.6 is 0 Å². The molecule has 2 aromatic heterocycles. The lowest BCUT2D eigenvalue weighted by Crippen LogP contribution is -1.90. The Labute approximate surface area is 73.6 Å². The van der Waals surface area contributed by atoms with Gasteiger partial charge in [0.2, 0.25) is 0 Å². The van der Waals surface area contributed by atoms with Gasteiger partial charge in [0.1, 0.15) is 0 Å². The highest BCUT2D eigenvalue weighted by molar-refractivity contribution is 5.71. The van der Waals surface area contributed by atoms with Crippen LogP contribution in [0.5, 0.6) is 0 Å². The lowest BCUT2D eigenvalue weighted by Gasteiger charge is -1.99. The molecule has 0 aliphatic rings. The van der Waals surface area contributed by atoms with Gasteiger partial charge in [0, 0.05) is 11.8 Å². The molecule has 0 radical (unpaired) electrons. The van der Waals surface area contributed by atoms with E-state index in [1.54, 1.807) is 6.07 Å². The average Bonchev–Trinajstić information content (AvgIpc) is 2.52. The van der Waals surface area contributed by atoms with Gasteiger partial charge >= 0.3 is 0 Å². The number of nitrogens with two attached hydrogens (primary N) is 1. The third-order valence-electron chi connectivity index (χ3n) is 1.71. The standard InChI is InChI=1S/C8H7FN4/c9-6-3-11-2-1-5(6)8-7(10)4-12-13-8/h1-4H,10H2,(H,12,13). The molecule has 0 fully saturated rings. The van der Waals surface area contributed by atoms with E-state index < -0.39 is 5.82 Å². The Balaban J connectivity index is 2.59. The molecule has 0 bridgehead atoms. The van der Waals surface area contributed by atoms with Crippen LogP contribution in [0.1, 0.15) is 0 Å². The van der Waals surface area contributed by atoms with Crippen LogP contribution in [-0.4, -0.2) is 15.2 Å². The highest BCUT2D eigenvalue weighted by atomic mass is 19.1. The minimum Gasteiger partial charge on any atom is -0.396 e. The molecular formula is C8H7FN4. The fraction of sp³-hybridized carbons (Fsp3) is 0. The molecule has 5 heteroatoms. The van der Waals surface area contributed by atoms with E-state index in [0.717, 1.165) is 6.20 Å². The molecule has 2 heterocycles. The number of anilines is 1. The zero-order chi connectivity index (χ0) is 9.26. The summed E-state index contributed by atoms with van der Waals surface area (Å²) in [6.45, 7) is 0. The molecule has 0 amide bonds. The van der Waals surface area contributed by atoms with Crippen LogP contribution in [0.15, 0.2) is 24.7 Å². The average molecular weight is 178 g/mol.